The Morgan fingerprint density at radius 1 is 1.35 bits per heavy atom. The topological polar surface area (TPSA) is 58.4 Å². The van der Waals surface area contributed by atoms with Gasteiger partial charge in [-0.2, -0.15) is 0 Å². The van der Waals surface area contributed by atoms with Gasteiger partial charge in [0, 0.05) is 25.2 Å². The van der Waals surface area contributed by atoms with Crippen molar-refractivity contribution in [1.82, 2.24) is 10.2 Å². The number of nitrogens with zero attached hydrogens (tertiary/aromatic N) is 1. The molecule has 0 aromatic carbocycles. The molecule has 17 heavy (non-hydrogen) atoms. The molecule has 4 nitrogen and oxygen atoms in total. The molecule has 0 unspecified atom stereocenters. The first-order valence-electron chi connectivity index (χ1n) is 6.87. The van der Waals surface area contributed by atoms with Gasteiger partial charge in [0.05, 0.1) is 6.54 Å². The minimum absolute atomic E-state index is 0.152. The first-order chi connectivity index (χ1) is 8.13. The van der Waals surface area contributed by atoms with Crippen LogP contribution in [-0.4, -0.2) is 42.5 Å². The fraction of sp³-hybridized carbons (Fsp3) is 0.923. The van der Waals surface area contributed by atoms with Crippen LogP contribution in [-0.2, 0) is 4.79 Å². The molecule has 0 radical (unpaired) electrons. The van der Waals surface area contributed by atoms with Crippen LogP contribution in [0.2, 0.25) is 0 Å². The third-order valence-corrected chi connectivity index (χ3v) is 3.46. The van der Waals surface area contributed by atoms with Crippen molar-refractivity contribution in [3.05, 3.63) is 0 Å². The number of carbonyl (C=O) groups is 1. The summed E-state index contributed by atoms with van der Waals surface area (Å²) >= 11 is 0. The summed E-state index contributed by atoms with van der Waals surface area (Å²) in [5.74, 6) is 0.152. The first-order valence-corrected chi connectivity index (χ1v) is 6.87. The van der Waals surface area contributed by atoms with Gasteiger partial charge in [-0.05, 0) is 26.7 Å². The van der Waals surface area contributed by atoms with Crippen molar-refractivity contribution in [1.29, 1.82) is 0 Å². The number of nitrogens with one attached hydrogen (secondary N) is 1. The van der Waals surface area contributed by atoms with E-state index in [0.29, 0.717) is 25.2 Å². The van der Waals surface area contributed by atoms with E-state index in [0.717, 1.165) is 19.4 Å². The van der Waals surface area contributed by atoms with Gasteiger partial charge in [-0.15, -0.1) is 0 Å². The molecule has 1 saturated carbocycles. The second-order valence-corrected chi connectivity index (χ2v) is 5.26. The largest absolute Gasteiger partial charge is 0.352 e. The van der Waals surface area contributed by atoms with Crippen molar-refractivity contribution in [3.8, 4) is 0 Å². The molecule has 0 heterocycles. The van der Waals surface area contributed by atoms with Crippen molar-refractivity contribution >= 4 is 5.91 Å². The minimum atomic E-state index is 0.152. The highest BCUT2D eigenvalue weighted by Gasteiger charge is 2.18. The average Bonchev–Trinajstić information content (AvgIpc) is 2.29. The van der Waals surface area contributed by atoms with Gasteiger partial charge in [-0.25, -0.2) is 0 Å². The Morgan fingerprint density at radius 2 is 2.00 bits per heavy atom. The summed E-state index contributed by atoms with van der Waals surface area (Å²) in [5, 5.41) is 3.14. The van der Waals surface area contributed by atoms with Crippen LogP contribution in [0.25, 0.3) is 0 Å². The van der Waals surface area contributed by atoms with Crippen molar-refractivity contribution < 1.29 is 4.79 Å². The van der Waals surface area contributed by atoms with Gasteiger partial charge < -0.3 is 11.1 Å². The molecule has 0 saturated heterocycles. The van der Waals surface area contributed by atoms with Crippen molar-refractivity contribution in [3.63, 3.8) is 0 Å². The average molecular weight is 241 g/mol. The van der Waals surface area contributed by atoms with E-state index in [4.69, 9.17) is 5.73 Å². The predicted octanol–water partition coefficient (Wildman–Crippen LogP) is 1.10. The lowest BCUT2D eigenvalue weighted by molar-refractivity contribution is -0.123. The van der Waals surface area contributed by atoms with Crippen LogP contribution in [0.3, 0.4) is 0 Å². The van der Waals surface area contributed by atoms with E-state index in [1.807, 2.05) is 0 Å². The Bertz CT molecular complexity index is 225. The zero-order valence-electron chi connectivity index (χ0n) is 11.2. The Balaban J connectivity index is 2.30. The predicted molar refractivity (Wildman–Crippen MR) is 70.8 cm³/mol. The lowest BCUT2D eigenvalue weighted by Crippen LogP contribution is -2.46. The van der Waals surface area contributed by atoms with Gasteiger partial charge in [0.2, 0.25) is 5.91 Å². The lowest BCUT2D eigenvalue weighted by Gasteiger charge is -2.27. The normalized spacial score (nSPS) is 17.7. The monoisotopic (exact) mass is 241 g/mol. The first kappa shape index (κ1) is 14.5. The zero-order chi connectivity index (χ0) is 12.7. The molecule has 1 fully saturated rings. The Kier molecular flexibility index (Phi) is 6.52. The number of hydrogen-bond acceptors (Lipinski definition) is 3. The third kappa shape index (κ3) is 5.50. The second kappa shape index (κ2) is 7.67. The molecular formula is C13H27N3O. The smallest absolute Gasteiger partial charge is 0.234 e. The number of hydrogen-bond donors (Lipinski definition) is 2. The van der Waals surface area contributed by atoms with Crippen LogP contribution >= 0.6 is 0 Å². The maximum atomic E-state index is 11.9. The molecule has 0 atom stereocenters. The molecule has 1 amide bonds. The van der Waals surface area contributed by atoms with E-state index in [9.17, 15) is 4.79 Å². The molecule has 0 bridgehead atoms. The molecule has 1 rings (SSSR count). The van der Waals surface area contributed by atoms with E-state index in [1.54, 1.807) is 0 Å². The van der Waals surface area contributed by atoms with E-state index in [1.165, 1.54) is 19.3 Å². The van der Waals surface area contributed by atoms with Gasteiger partial charge in [0.15, 0.2) is 0 Å². The molecule has 1 aliphatic carbocycles. The molecular weight excluding hydrogens is 214 g/mol. The fourth-order valence-electron chi connectivity index (χ4n) is 2.39. The number of nitrogens with two attached hydrogens (primary N) is 1. The molecule has 0 aromatic rings. The standard InChI is InChI=1S/C13H27N3O/c1-11(2)16(9-8-14)10-13(17)15-12-6-4-3-5-7-12/h11-12H,3-10,14H2,1-2H3,(H,15,17). The van der Waals surface area contributed by atoms with Gasteiger partial charge in [0.1, 0.15) is 0 Å². The van der Waals surface area contributed by atoms with Crippen molar-refractivity contribution in [2.45, 2.75) is 58.0 Å². The van der Waals surface area contributed by atoms with E-state index in [-0.39, 0.29) is 5.91 Å². The summed E-state index contributed by atoms with van der Waals surface area (Å²) in [6.07, 6.45) is 6.11. The molecule has 1 aliphatic rings. The Morgan fingerprint density at radius 3 is 2.53 bits per heavy atom. The second-order valence-electron chi connectivity index (χ2n) is 5.26. The number of carbonyl (C=O) groups excluding carboxylic acids is 1. The van der Waals surface area contributed by atoms with E-state index < -0.39 is 0 Å². The summed E-state index contributed by atoms with van der Waals surface area (Å²) < 4.78 is 0. The highest BCUT2D eigenvalue weighted by molar-refractivity contribution is 5.78. The van der Waals surface area contributed by atoms with Crippen LogP contribution in [0.4, 0.5) is 0 Å². The SMILES string of the molecule is CC(C)N(CCN)CC(=O)NC1CCCCC1. The maximum Gasteiger partial charge on any atom is 0.234 e. The number of amides is 1. The summed E-state index contributed by atoms with van der Waals surface area (Å²) in [6, 6.07) is 0.777. The highest BCUT2D eigenvalue weighted by atomic mass is 16.2. The molecule has 100 valence electrons. The molecule has 0 spiro atoms. The van der Waals surface area contributed by atoms with Crippen LogP contribution in [0.15, 0.2) is 0 Å². The van der Waals surface area contributed by atoms with E-state index in [2.05, 4.69) is 24.1 Å². The molecule has 4 heteroatoms. The zero-order valence-corrected chi connectivity index (χ0v) is 11.2. The van der Waals surface area contributed by atoms with Crippen molar-refractivity contribution in [2.24, 2.45) is 5.73 Å². The summed E-state index contributed by atoms with van der Waals surface area (Å²) in [5.41, 5.74) is 5.55. The minimum Gasteiger partial charge on any atom is -0.352 e. The van der Waals surface area contributed by atoms with Gasteiger partial charge in [0.25, 0.3) is 0 Å². The van der Waals surface area contributed by atoms with Gasteiger partial charge in [-0.3, -0.25) is 9.69 Å². The molecule has 0 aromatic heterocycles. The Labute approximate surface area is 105 Å². The van der Waals surface area contributed by atoms with Crippen molar-refractivity contribution in [2.75, 3.05) is 19.6 Å². The quantitative estimate of drug-likeness (QED) is 0.732. The summed E-state index contributed by atoms with van der Waals surface area (Å²) in [6.45, 7) is 6.07. The lowest BCUT2D eigenvalue weighted by atomic mass is 9.95. The summed E-state index contributed by atoms with van der Waals surface area (Å²) in [7, 11) is 0. The fourth-order valence-corrected chi connectivity index (χ4v) is 2.39. The highest BCUT2D eigenvalue weighted by Crippen LogP contribution is 2.17. The van der Waals surface area contributed by atoms with Crippen LogP contribution < -0.4 is 11.1 Å². The molecule has 3 N–H and O–H groups in total. The Hall–Kier alpha value is -0.610. The summed E-state index contributed by atoms with van der Waals surface area (Å²) in [4.78, 5) is 14.0. The third-order valence-electron chi connectivity index (χ3n) is 3.46. The van der Waals surface area contributed by atoms with Crippen LogP contribution in [0, 0.1) is 0 Å². The van der Waals surface area contributed by atoms with Gasteiger partial charge >= 0.3 is 0 Å². The maximum absolute atomic E-state index is 11.9. The van der Waals surface area contributed by atoms with Crippen LogP contribution in [0.1, 0.15) is 46.0 Å². The number of rotatable bonds is 6. The van der Waals surface area contributed by atoms with Crippen LogP contribution in [0.5, 0.6) is 0 Å². The van der Waals surface area contributed by atoms with Gasteiger partial charge in [-0.1, -0.05) is 19.3 Å². The van der Waals surface area contributed by atoms with E-state index >= 15 is 0 Å². The molecule has 0 aliphatic heterocycles.